The van der Waals surface area contributed by atoms with Crippen molar-refractivity contribution in [1.29, 1.82) is 0 Å². The summed E-state index contributed by atoms with van der Waals surface area (Å²) in [6.45, 7) is 0.575. The first-order chi connectivity index (χ1) is 7.70. The molecular formula is C11H13NO4. The van der Waals surface area contributed by atoms with Crippen molar-refractivity contribution in [3.05, 3.63) is 35.6 Å². The van der Waals surface area contributed by atoms with Crippen LogP contribution in [0.2, 0.25) is 0 Å². The highest BCUT2D eigenvalue weighted by atomic mass is 16.5. The van der Waals surface area contributed by atoms with Crippen molar-refractivity contribution in [3.8, 4) is 0 Å². The van der Waals surface area contributed by atoms with Crippen molar-refractivity contribution in [2.45, 2.75) is 0 Å². The van der Waals surface area contributed by atoms with Crippen LogP contribution in [0, 0.1) is 0 Å². The van der Waals surface area contributed by atoms with E-state index in [9.17, 15) is 9.59 Å². The third-order valence-electron chi connectivity index (χ3n) is 1.98. The molecule has 0 aromatic rings. The number of nitrogens with one attached hydrogen (secondary N) is 1. The van der Waals surface area contributed by atoms with Crippen LogP contribution in [0.1, 0.15) is 0 Å². The Hall–Kier alpha value is -2.04. The second-order valence-electron chi connectivity index (χ2n) is 2.96. The number of carbonyl (C=O) groups excluding carboxylic acids is 2. The third-order valence-corrected chi connectivity index (χ3v) is 1.98. The van der Waals surface area contributed by atoms with E-state index in [2.05, 4.69) is 14.8 Å². The molecule has 16 heavy (non-hydrogen) atoms. The van der Waals surface area contributed by atoms with Crippen molar-refractivity contribution in [2.24, 2.45) is 0 Å². The van der Waals surface area contributed by atoms with E-state index in [1.54, 1.807) is 6.08 Å². The SMILES string of the molecule is COC(=O)C1=C/C=C\CN/C=C\1C(=O)OC. The zero-order chi connectivity index (χ0) is 12.0. The maximum Gasteiger partial charge on any atom is 0.340 e. The maximum atomic E-state index is 11.5. The van der Waals surface area contributed by atoms with E-state index >= 15 is 0 Å². The number of allylic oxidation sites excluding steroid dienone is 2. The zero-order valence-electron chi connectivity index (χ0n) is 9.15. The topological polar surface area (TPSA) is 64.6 Å². The summed E-state index contributed by atoms with van der Waals surface area (Å²) >= 11 is 0. The Morgan fingerprint density at radius 3 is 2.44 bits per heavy atom. The quantitative estimate of drug-likeness (QED) is 0.682. The number of hydrogen-bond donors (Lipinski definition) is 1. The summed E-state index contributed by atoms with van der Waals surface area (Å²) < 4.78 is 9.18. The maximum absolute atomic E-state index is 11.5. The van der Waals surface area contributed by atoms with Gasteiger partial charge >= 0.3 is 11.9 Å². The van der Waals surface area contributed by atoms with Gasteiger partial charge in [0.15, 0.2) is 0 Å². The number of esters is 2. The van der Waals surface area contributed by atoms with Crippen molar-refractivity contribution in [2.75, 3.05) is 20.8 Å². The van der Waals surface area contributed by atoms with Crippen LogP contribution in [0.25, 0.3) is 0 Å². The van der Waals surface area contributed by atoms with Gasteiger partial charge in [0.05, 0.1) is 25.4 Å². The summed E-state index contributed by atoms with van der Waals surface area (Å²) in [6, 6.07) is 0. The highest BCUT2D eigenvalue weighted by Crippen LogP contribution is 2.14. The number of rotatable bonds is 2. The molecule has 1 aliphatic rings. The molecule has 0 aromatic carbocycles. The molecule has 0 aromatic heterocycles. The normalized spacial score (nSPS) is 23.4. The molecule has 5 nitrogen and oxygen atoms in total. The standard InChI is InChI=1S/C11H13NO4/c1-15-10(13)8-5-3-4-6-12-7-9(8)11(14)16-2/h3-5,7,12H,6H2,1-2H3/b4-3-,8-5+,9-7+. The van der Waals surface area contributed by atoms with Crippen LogP contribution < -0.4 is 5.32 Å². The summed E-state index contributed by atoms with van der Waals surface area (Å²) in [7, 11) is 2.51. The predicted octanol–water partition coefficient (Wildman–Crippen LogP) is 0.302. The van der Waals surface area contributed by atoms with Gasteiger partial charge in [-0.25, -0.2) is 9.59 Å². The Labute approximate surface area is 93.4 Å². The van der Waals surface area contributed by atoms with Crippen LogP contribution >= 0.6 is 0 Å². The van der Waals surface area contributed by atoms with Gasteiger partial charge in [-0.3, -0.25) is 0 Å². The predicted molar refractivity (Wildman–Crippen MR) is 57.3 cm³/mol. The lowest BCUT2D eigenvalue weighted by atomic mass is 10.1. The minimum Gasteiger partial charge on any atom is -0.465 e. The van der Waals surface area contributed by atoms with E-state index in [1.165, 1.54) is 26.5 Å². The lowest BCUT2D eigenvalue weighted by Crippen LogP contribution is -2.19. The minimum atomic E-state index is -0.584. The lowest BCUT2D eigenvalue weighted by Gasteiger charge is -2.10. The van der Waals surface area contributed by atoms with Gasteiger partial charge in [-0.2, -0.15) is 0 Å². The van der Waals surface area contributed by atoms with Crippen molar-refractivity contribution < 1.29 is 19.1 Å². The molecule has 0 saturated carbocycles. The molecule has 0 unspecified atom stereocenters. The molecule has 1 heterocycles. The van der Waals surface area contributed by atoms with Crippen molar-refractivity contribution in [3.63, 3.8) is 0 Å². The van der Waals surface area contributed by atoms with E-state index in [1.807, 2.05) is 6.08 Å². The van der Waals surface area contributed by atoms with Crippen molar-refractivity contribution >= 4 is 11.9 Å². The van der Waals surface area contributed by atoms with Gasteiger partial charge in [0.1, 0.15) is 0 Å². The number of hydrogen-bond acceptors (Lipinski definition) is 5. The lowest BCUT2D eigenvalue weighted by molar-refractivity contribution is -0.139. The van der Waals surface area contributed by atoms with E-state index in [4.69, 9.17) is 0 Å². The van der Waals surface area contributed by atoms with Crippen LogP contribution in [-0.2, 0) is 19.1 Å². The Balaban J connectivity index is 3.11. The average molecular weight is 223 g/mol. The van der Waals surface area contributed by atoms with Crippen LogP contribution in [0.4, 0.5) is 0 Å². The molecule has 1 rings (SSSR count). The van der Waals surface area contributed by atoms with Crippen LogP contribution in [-0.4, -0.2) is 32.7 Å². The number of methoxy groups -OCH3 is 2. The van der Waals surface area contributed by atoms with Gasteiger partial charge in [-0.1, -0.05) is 12.2 Å². The molecule has 0 spiro atoms. The number of carbonyl (C=O) groups is 2. The fourth-order valence-electron chi connectivity index (χ4n) is 1.20. The van der Waals surface area contributed by atoms with Crippen LogP contribution in [0.3, 0.4) is 0 Å². The van der Waals surface area contributed by atoms with Gasteiger partial charge in [-0.05, 0) is 6.08 Å². The van der Waals surface area contributed by atoms with Gasteiger partial charge in [0, 0.05) is 12.7 Å². The molecule has 0 radical (unpaired) electrons. The second kappa shape index (κ2) is 5.75. The highest BCUT2D eigenvalue weighted by molar-refractivity contribution is 6.07. The third kappa shape index (κ3) is 2.73. The fourth-order valence-corrected chi connectivity index (χ4v) is 1.20. The van der Waals surface area contributed by atoms with E-state index in [0.717, 1.165) is 0 Å². The van der Waals surface area contributed by atoms with Gasteiger partial charge in [0.2, 0.25) is 0 Å². The Kier molecular flexibility index (Phi) is 4.32. The van der Waals surface area contributed by atoms with Crippen molar-refractivity contribution in [1.82, 2.24) is 5.32 Å². The van der Waals surface area contributed by atoms with Gasteiger partial charge in [0.25, 0.3) is 0 Å². The van der Waals surface area contributed by atoms with E-state index in [0.29, 0.717) is 6.54 Å². The molecule has 0 fully saturated rings. The second-order valence-corrected chi connectivity index (χ2v) is 2.96. The van der Waals surface area contributed by atoms with Gasteiger partial charge < -0.3 is 14.8 Å². The molecule has 5 heteroatoms. The first-order valence-electron chi connectivity index (χ1n) is 4.68. The molecule has 1 N–H and O–H groups in total. The smallest absolute Gasteiger partial charge is 0.340 e. The highest BCUT2D eigenvalue weighted by Gasteiger charge is 2.21. The summed E-state index contributed by atoms with van der Waals surface area (Å²) in [4.78, 5) is 22.9. The first kappa shape index (κ1) is 12.0. The summed E-state index contributed by atoms with van der Waals surface area (Å²) in [5.74, 6) is -1.16. The Morgan fingerprint density at radius 2 is 1.81 bits per heavy atom. The summed E-state index contributed by atoms with van der Waals surface area (Å²) in [6.07, 6.45) is 6.45. The van der Waals surface area contributed by atoms with E-state index in [-0.39, 0.29) is 11.1 Å². The largest absolute Gasteiger partial charge is 0.465 e. The fraction of sp³-hybridized carbons (Fsp3) is 0.273. The van der Waals surface area contributed by atoms with Crippen LogP contribution in [0.5, 0.6) is 0 Å². The average Bonchev–Trinajstić information content (AvgIpc) is 2.27. The number of ether oxygens (including phenoxy) is 2. The zero-order valence-corrected chi connectivity index (χ0v) is 9.15. The van der Waals surface area contributed by atoms with Crippen LogP contribution in [0.15, 0.2) is 35.6 Å². The monoisotopic (exact) mass is 223 g/mol. The Morgan fingerprint density at radius 1 is 1.19 bits per heavy atom. The summed E-state index contributed by atoms with van der Waals surface area (Å²) in [5.41, 5.74) is 0.316. The Bertz CT molecular complexity index is 379. The first-order valence-corrected chi connectivity index (χ1v) is 4.68. The molecule has 1 aliphatic heterocycles. The molecule has 0 saturated heterocycles. The summed E-state index contributed by atoms with van der Waals surface area (Å²) in [5, 5.41) is 2.86. The van der Waals surface area contributed by atoms with E-state index < -0.39 is 11.9 Å². The molecule has 0 atom stereocenters. The van der Waals surface area contributed by atoms with Gasteiger partial charge in [-0.15, -0.1) is 0 Å². The molecule has 0 aliphatic carbocycles. The molecule has 86 valence electrons. The molecular weight excluding hydrogens is 210 g/mol. The molecule has 0 bridgehead atoms. The molecule has 0 amide bonds. The minimum absolute atomic E-state index is 0.152.